The molecule has 6 rings (SSSR count). The first-order valence-electron chi connectivity index (χ1n) is 13.7. The van der Waals surface area contributed by atoms with Crippen molar-refractivity contribution in [2.75, 3.05) is 33.2 Å². The Kier molecular flexibility index (Phi) is 7.15. The van der Waals surface area contributed by atoms with E-state index in [9.17, 15) is 23.2 Å². The molecule has 11 nitrogen and oxygen atoms in total. The first-order chi connectivity index (χ1) is 20.2. The van der Waals surface area contributed by atoms with Gasteiger partial charge in [0.05, 0.1) is 29.9 Å². The first kappa shape index (κ1) is 27.8. The fourth-order valence-electron chi connectivity index (χ4n) is 6.04. The van der Waals surface area contributed by atoms with Gasteiger partial charge in [-0.3, -0.25) is 14.4 Å². The molecule has 0 aromatic carbocycles. The van der Waals surface area contributed by atoms with Crippen LogP contribution in [0.4, 0.5) is 13.2 Å². The van der Waals surface area contributed by atoms with E-state index in [0.717, 1.165) is 41.2 Å². The average Bonchev–Trinajstić information content (AvgIpc) is 3.64. The van der Waals surface area contributed by atoms with E-state index in [-0.39, 0.29) is 18.3 Å². The second-order valence-corrected chi connectivity index (χ2v) is 10.9. The molecule has 2 fully saturated rings. The van der Waals surface area contributed by atoms with Gasteiger partial charge in [0, 0.05) is 62.1 Å². The van der Waals surface area contributed by atoms with Crippen LogP contribution in [0.5, 0.6) is 0 Å². The minimum atomic E-state index is -4.64. The van der Waals surface area contributed by atoms with Crippen LogP contribution >= 0.6 is 0 Å². The maximum atomic E-state index is 13.4. The summed E-state index contributed by atoms with van der Waals surface area (Å²) in [6.07, 6.45) is 4.12. The monoisotopic (exact) mass is 578 g/mol. The van der Waals surface area contributed by atoms with Gasteiger partial charge in [-0.05, 0) is 43.7 Å². The van der Waals surface area contributed by atoms with Gasteiger partial charge in [0.1, 0.15) is 23.4 Å². The maximum absolute atomic E-state index is 13.4. The second-order valence-electron chi connectivity index (χ2n) is 10.9. The minimum Gasteiger partial charge on any atom is -0.346 e. The highest BCUT2D eigenvalue weighted by Gasteiger charge is 2.49. The van der Waals surface area contributed by atoms with Gasteiger partial charge in [0.15, 0.2) is 0 Å². The number of nitriles is 1. The number of halogens is 3. The molecule has 1 aliphatic carbocycles. The molecule has 0 bridgehead atoms. The summed E-state index contributed by atoms with van der Waals surface area (Å²) in [7, 11) is 1.63. The third kappa shape index (κ3) is 5.10. The highest BCUT2D eigenvalue weighted by molar-refractivity contribution is 5.92. The van der Waals surface area contributed by atoms with Crippen molar-refractivity contribution in [1.82, 2.24) is 44.8 Å². The SMILES string of the molecule is CNCc1cc(C(=O)N2CCN([C@H]3C[C@@](CC#N)(n4cc(-c5ncnc6[nH]ccc56)cn4)C3)CC2)nc(C(F)(F)F)c1. The fraction of sp³-hybridized carbons (Fsp3) is 0.429. The van der Waals surface area contributed by atoms with Crippen molar-refractivity contribution < 1.29 is 18.0 Å². The smallest absolute Gasteiger partial charge is 0.346 e. The highest BCUT2D eigenvalue weighted by Crippen LogP contribution is 2.45. The van der Waals surface area contributed by atoms with Crippen molar-refractivity contribution in [2.45, 2.75) is 43.6 Å². The highest BCUT2D eigenvalue weighted by atomic mass is 19.4. The number of hydrogen-bond acceptors (Lipinski definition) is 8. The lowest BCUT2D eigenvalue weighted by atomic mass is 9.70. The fourth-order valence-corrected chi connectivity index (χ4v) is 6.04. The predicted molar refractivity (Wildman–Crippen MR) is 146 cm³/mol. The molecule has 2 N–H and O–H groups in total. The summed E-state index contributed by atoms with van der Waals surface area (Å²) >= 11 is 0. The number of carbonyl (C=O) groups excluding carboxylic acids is 1. The molecule has 218 valence electrons. The maximum Gasteiger partial charge on any atom is 0.433 e. The van der Waals surface area contributed by atoms with E-state index in [4.69, 9.17) is 0 Å². The number of aromatic amines is 1. The Morgan fingerprint density at radius 3 is 2.71 bits per heavy atom. The van der Waals surface area contributed by atoms with Crippen LogP contribution < -0.4 is 5.32 Å². The van der Waals surface area contributed by atoms with Crippen molar-refractivity contribution in [2.24, 2.45) is 0 Å². The molecule has 0 radical (unpaired) electrons. The van der Waals surface area contributed by atoms with Crippen LogP contribution in [0.15, 0.2) is 43.1 Å². The number of H-pyrrole nitrogens is 1. The molecule has 1 aliphatic heterocycles. The standard InChI is InChI=1S/C28H29F3N10O/c1-33-14-18-10-22(38-23(11-18)28(29,30)31)26(42)40-8-6-39(7-9-40)20-12-27(13-20,3-4-32)41-16-19(15-37-41)24-21-2-5-34-25(21)36-17-35-24/h2,5,10-11,15-17,20,33H,3,6-9,12-14H2,1H3,(H,34,35,36)/t20-,27+. The Morgan fingerprint density at radius 2 is 2.00 bits per heavy atom. The third-order valence-corrected chi connectivity index (χ3v) is 8.23. The van der Waals surface area contributed by atoms with E-state index in [2.05, 4.69) is 41.3 Å². The quantitative estimate of drug-likeness (QED) is 0.342. The summed E-state index contributed by atoms with van der Waals surface area (Å²) in [5, 5.41) is 18.0. The van der Waals surface area contributed by atoms with E-state index >= 15 is 0 Å². The van der Waals surface area contributed by atoms with E-state index in [1.807, 2.05) is 23.1 Å². The predicted octanol–water partition coefficient (Wildman–Crippen LogP) is 3.18. The molecule has 1 saturated carbocycles. The molecule has 0 unspecified atom stereocenters. The number of aromatic nitrogens is 6. The van der Waals surface area contributed by atoms with Gasteiger partial charge < -0.3 is 15.2 Å². The number of alkyl halides is 3. The summed E-state index contributed by atoms with van der Waals surface area (Å²) in [6, 6.07) is 6.83. The number of carbonyl (C=O) groups is 1. The minimum absolute atomic E-state index is 0.194. The van der Waals surface area contributed by atoms with Crippen LogP contribution in [0.3, 0.4) is 0 Å². The van der Waals surface area contributed by atoms with E-state index in [0.29, 0.717) is 38.2 Å². The normalized spacial score (nSPS) is 21.3. The van der Waals surface area contributed by atoms with Crippen molar-refractivity contribution in [3.8, 4) is 17.3 Å². The largest absolute Gasteiger partial charge is 0.433 e. The number of rotatable bonds is 7. The Balaban J connectivity index is 1.11. The molecule has 14 heteroatoms. The molecular weight excluding hydrogens is 549 g/mol. The molecule has 0 spiro atoms. The van der Waals surface area contributed by atoms with Crippen LogP contribution in [0.1, 0.15) is 41.0 Å². The summed E-state index contributed by atoms with van der Waals surface area (Å²) in [5.41, 5.74) is 0.989. The molecule has 2 aliphatic rings. The zero-order valence-electron chi connectivity index (χ0n) is 22.9. The number of piperazine rings is 1. The van der Waals surface area contributed by atoms with Crippen molar-refractivity contribution in [1.29, 1.82) is 5.26 Å². The number of amides is 1. The lowest BCUT2D eigenvalue weighted by Gasteiger charge is -2.52. The topological polar surface area (TPSA) is 132 Å². The van der Waals surface area contributed by atoms with Gasteiger partial charge in [-0.1, -0.05) is 0 Å². The molecule has 4 aromatic rings. The zero-order valence-corrected chi connectivity index (χ0v) is 22.9. The molecule has 1 saturated heterocycles. The molecule has 1 amide bonds. The van der Waals surface area contributed by atoms with Gasteiger partial charge >= 0.3 is 6.18 Å². The van der Waals surface area contributed by atoms with Crippen molar-refractivity contribution in [3.05, 3.63) is 60.1 Å². The van der Waals surface area contributed by atoms with Crippen molar-refractivity contribution in [3.63, 3.8) is 0 Å². The Bertz CT molecular complexity index is 1640. The van der Waals surface area contributed by atoms with E-state index in [1.54, 1.807) is 18.1 Å². The van der Waals surface area contributed by atoms with Gasteiger partial charge in [-0.2, -0.15) is 23.5 Å². The van der Waals surface area contributed by atoms with Crippen molar-refractivity contribution >= 4 is 16.9 Å². The number of hydrogen-bond donors (Lipinski definition) is 2. The molecular formula is C28H29F3N10O. The zero-order chi connectivity index (χ0) is 29.5. The van der Waals surface area contributed by atoms with Crippen LogP contribution in [-0.4, -0.2) is 84.7 Å². The van der Waals surface area contributed by atoms with Gasteiger partial charge in [0.25, 0.3) is 5.91 Å². The lowest BCUT2D eigenvalue weighted by molar-refractivity contribution is -0.141. The van der Waals surface area contributed by atoms with Crippen LogP contribution in [0.25, 0.3) is 22.3 Å². The average molecular weight is 579 g/mol. The Morgan fingerprint density at radius 1 is 1.21 bits per heavy atom. The van der Waals surface area contributed by atoms with Crippen LogP contribution in [0, 0.1) is 11.3 Å². The van der Waals surface area contributed by atoms with E-state index < -0.39 is 23.3 Å². The number of nitrogens with zero attached hydrogens (tertiary/aromatic N) is 8. The first-order valence-corrected chi connectivity index (χ1v) is 13.7. The van der Waals surface area contributed by atoms with E-state index in [1.165, 1.54) is 12.4 Å². The number of fused-ring (bicyclic) bond motifs is 1. The van der Waals surface area contributed by atoms with Gasteiger partial charge in [0.2, 0.25) is 0 Å². The molecule has 0 atom stereocenters. The van der Waals surface area contributed by atoms with Gasteiger partial charge in [-0.25, -0.2) is 15.0 Å². The number of nitrogens with one attached hydrogen (secondary N) is 2. The number of pyridine rings is 1. The second kappa shape index (κ2) is 10.8. The Labute approximate surface area is 239 Å². The summed E-state index contributed by atoms with van der Waals surface area (Å²) in [6.45, 7) is 2.12. The third-order valence-electron chi connectivity index (χ3n) is 8.23. The van der Waals surface area contributed by atoms with Crippen LogP contribution in [0.2, 0.25) is 0 Å². The molecule has 4 aromatic heterocycles. The lowest BCUT2D eigenvalue weighted by Crippen LogP contribution is -2.60. The van der Waals surface area contributed by atoms with Crippen LogP contribution in [-0.2, 0) is 18.3 Å². The summed E-state index contributed by atoms with van der Waals surface area (Å²) < 4.78 is 42.1. The van der Waals surface area contributed by atoms with Gasteiger partial charge in [-0.15, -0.1) is 0 Å². The molecule has 42 heavy (non-hydrogen) atoms. The molecule has 5 heterocycles. The summed E-state index contributed by atoms with van der Waals surface area (Å²) in [4.78, 5) is 32.4. The summed E-state index contributed by atoms with van der Waals surface area (Å²) in [5.74, 6) is -0.504. The Hall–Kier alpha value is -4.35.